The molecular formula is C17H23NO. The first-order chi connectivity index (χ1) is 9.29. The maximum Gasteiger partial charge on any atom is 0.127 e. The van der Waals surface area contributed by atoms with Crippen LogP contribution >= 0.6 is 0 Å². The minimum absolute atomic E-state index is 0.362. The van der Waals surface area contributed by atoms with E-state index in [4.69, 9.17) is 4.74 Å². The van der Waals surface area contributed by atoms with Gasteiger partial charge in [-0.25, -0.2) is 0 Å². The molecule has 1 N–H and O–H groups in total. The Kier molecular flexibility index (Phi) is 6.69. The second-order valence-corrected chi connectivity index (χ2v) is 3.99. The summed E-state index contributed by atoms with van der Waals surface area (Å²) in [5.41, 5.74) is 1.26. The van der Waals surface area contributed by atoms with Crippen LogP contribution in [0.2, 0.25) is 0 Å². The lowest BCUT2D eigenvalue weighted by Crippen LogP contribution is -2.11. The number of nitrogens with one attached hydrogen (secondary N) is 1. The summed E-state index contributed by atoms with van der Waals surface area (Å²) in [4.78, 5) is 0. The summed E-state index contributed by atoms with van der Waals surface area (Å²) in [6, 6.07) is 18.3. The van der Waals surface area contributed by atoms with Crippen LogP contribution in [0, 0.1) is 0 Å². The topological polar surface area (TPSA) is 21.3 Å². The molecule has 0 bridgehead atoms. The zero-order valence-corrected chi connectivity index (χ0v) is 12.2. The van der Waals surface area contributed by atoms with Gasteiger partial charge in [0.25, 0.3) is 0 Å². The first kappa shape index (κ1) is 15.3. The van der Waals surface area contributed by atoms with Crippen LogP contribution in [0.3, 0.4) is 0 Å². The molecule has 2 rings (SSSR count). The summed E-state index contributed by atoms with van der Waals surface area (Å²) in [6.07, 6.45) is 0. The highest BCUT2D eigenvalue weighted by atomic mass is 16.5. The Morgan fingerprint density at radius 1 is 0.842 bits per heavy atom. The molecule has 0 heterocycles. The molecule has 2 aromatic carbocycles. The van der Waals surface area contributed by atoms with Gasteiger partial charge in [0.1, 0.15) is 11.5 Å². The largest absolute Gasteiger partial charge is 0.457 e. The predicted octanol–water partition coefficient (Wildman–Crippen LogP) is 4.79. The van der Waals surface area contributed by atoms with Crippen LogP contribution in [-0.4, -0.2) is 7.05 Å². The lowest BCUT2D eigenvalue weighted by atomic mass is 10.1. The first-order valence-electron chi connectivity index (χ1n) is 6.79. The van der Waals surface area contributed by atoms with E-state index in [0.717, 1.165) is 11.5 Å². The third-order valence-electron chi connectivity index (χ3n) is 2.79. The van der Waals surface area contributed by atoms with E-state index in [9.17, 15) is 0 Å². The summed E-state index contributed by atoms with van der Waals surface area (Å²) in [7, 11) is 1.96. The molecule has 2 aromatic rings. The van der Waals surface area contributed by atoms with Gasteiger partial charge in [0.2, 0.25) is 0 Å². The van der Waals surface area contributed by atoms with E-state index in [1.165, 1.54) is 5.56 Å². The molecule has 2 nitrogen and oxygen atoms in total. The van der Waals surface area contributed by atoms with Gasteiger partial charge < -0.3 is 10.1 Å². The van der Waals surface area contributed by atoms with Crippen LogP contribution in [-0.2, 0) is 0 Å². The summed E-state index contributed by atoms with van der Waals surface area (Å²) in [5, 5.41) is 3.21. The fraction of sp³-hybridized carbons (Fsp3) is 0.294. The summed E-state index contributed by atoms with van der Waals surface area (Å²) < 4.78 is 5.73. The van der Waals surface area contributed by atoms with Gasteiger partial charge in [-0.1, -0.05) is 44.2 Å². The molecule has 0 aliphatic rings. The SMILES string of the molecule is CC.CNC(C)c1ccc(Oc2ccccc2)cc1. The molecule has 0 radical (unpaired) electrons. The molecule has 1 atom stereocenters. The van der Waals surface area contributed by atoms with Gasteiger partial charge in [-0.05, 0) is 43.8 Å². The lowest BCUT2D eigenvalue weighted by molar-refractivity contribution is 0.482. The normalized spacial score (nSPS) is 11.2. The average Bonchev–Trinajstić information content (AvgIpc) is 2.50. The smallest absolute Gasteiger partial charge is 0.127 e. The monoisotopic (exact) mass is 257 g/mol. The highest BCUT2D eigenvalue weighted by Crippen LogP contribution is 2.22. The van der Waals surface area contributed by atoms with Gasteiger partial charge in [-0.2, -0.15) is 0 Å². The van der Waals surface area contributed by atoms with Crippen molar-refractivity contribution in [1.82, 2.24) is 5.32 Å². The zero-order chi connectivity index (χ0) is 14.1. The van der Waals surface area contributed by atoms with Crippen LogP contribution in [0.25, 0.3) is 0 Å². The molecular weight excluding hydrogens is 234 g/mol. The standard InChI is InChI=1S/C15H17NO.C2H6/c1-12(16-2)13-8-10-15(11-9-13)17-14-6-4-3-5-7-14;1-2/h3-12,16H,1-2H3;1-2H3. The van der Waals surface area contributed by atoms with Crippen molar-refractivity contribution in [2.24, 2.45) is 0 Å². The van der Waals surface area contributed by atoms with Gasteiger partial charge >= 0.3 is 0 Å². The Morgan fingerprint density at radius 2 is 1.37 bits per heavy atom. The zero-order valence-electron chi connectivity index (χ0n) is 12.2. The molecule has 0 aliphatic heterocycles. The first-order valence-corrected chi connectivity index (χ1v) is 6.79. The number of ether oxygens (including phenoxy) is 1. The van der Waals surface area contributed by atoms with Crippen LogP contribution in [0.5, 0.6) is 11.5 Å². The van der Waals surface area contributed by atoms with Gasteiger partial charge in [0.15, 0.2) is 0 Å². The van der Waals surface area contributed by atoms with Crippen LogP contribution in [0.15, 0.2) is 54.6 Å². The quantitative estimate of drug-likeness (QED) is 0.850. The van der Waals surface area contributed by atoms with E-state index in [1.807, 2.05) is 63.4 Å². The Morgan fingerprint density at radius 3 is 1.89 bits per heavy atom. The second kappa shape index (κ2) is 8.33. The van der Waals surface area contributed by atoms with E-state index in [2.05, 4.69) is 24.4 Å². The van der Waals surface area contributed by atoms with E-state index < -0.39 is 0 Å². The third-order valence-corrected chi connectivity index (χ3v) is 2.79. The van der Waals surface area contributed by atoms with Crippen molar-refractivity contribution in [1.29, 1.82) is 0 Å². The van der Waals surface area contributed by atoms with Crippen molar-refractivity contribution >= 4 is 0 Å². The number of benzene rings is 2. The van der Waals surface area contributed by atoms with E-state index >= 15 is 0 Å². The molecule has 0 saturated heterocycles. The highest BCUT2D eigenvalue weighted by molar-refractivity contribution is 5.33. The van der Waals surface area contributed by atoms with Crippen molar-refractivity contribution in [3.05, 3.63) is 60.2 Å². The molecule has 0 spiro atoms. The van der Waals surface area contributed by atoms with E-state index in [1.54, 1.807) is 0 Å². The number of hydrogen-bond donors (Lipinski definition) is 1. The van der Waals surface area contributed by atoms with Crippen molar-refractivity contribution < 1.29 is 4.74 Å². The van der Waals surface area contributed by atoms with Crippen LogP contribution < -0.4 is 10.1 Å². The van der Waals surface area contributed by atoms with Gasteiger partial charge in [0, 0.05) is 6.04 Å². The minimum Gasteiger partial charge on any atom is -0.457 e. The maximum absolute atomic E-state index is 5.73. The summed E-state index contributed by atoms with van der Waals surface area (Å²) in [5.74, 6) is 1.73. The maximum atomic E-state index is 5.73. The van der Waals surface area contributed by atoms with Crippen molar-refractivity contribution in [2.45, 2.75) is 26.8 Å². The van der Waals surface area contributed by atoms with Crippen molar-refractivity contribution in [3.8, 4) is 11.5 Å². The number of para-hydroxylation sites is 1. The highest BCUT2D eigenvalue weighted by Gasteiger charge is 2.02. The number of rotatable bonds is 4. The minimum atomic E-state index is 0.362. The van der Waals surface area contributed by atoms with E-state index in [-0.39, 0.29) is 0 Å². The molecule has 0 aliphatic carbocycles. The molecule has 102 valence electrons. The molecule has 0 aromatic heterocycles. The summed E-state index contributed by atoms with van der Waals surface area (Å²) in [6.45, 7) is 6.13. The van der Waals surface area contributed by atoms with E-state index in [0.29, 0.717) is 6.04 Å². The predicted molar refractivity (Wildman–Crippen MR) is 81.8 cm³/mol. The van der Waals surface area contributed by atoms with Gasteiger partial charge in [0.05, 0.1) is 0 Å². The Balaban J connectivity index is 0.000000861. The van der Waals surface area contributed by atoms with Gasteiger partial charge in [-0.3, -0.25) is 0 Å². The fourth-order valence-electron chi connectivity index (χ4n) is 1.62. The Bertz CT molecular complexity index is 450. The van der Waals surface area contributed by atoms with Crippen LogP contribution in [0.4, 0.5) is 0 Å². The average molecular weight is 257 g/mol. The van der Waals surface area contributed by atoms with Crippen molar-refractivity contribution in [3.63, 3.8) is 0 Å². The molecule has 0 amide bonds. The Hall–Kier alpha value is -1.80. The van der Waals surface area contributed by atoms with Crippen LogP contribution in [0.1, 0.15) is 32.4 Å². The fourth-order valence-corrected chi connectivity index (χ4v) is 1.62. The molecule has 0 saturated carbocycles. The van der Waals surface area contributed by atoms with Gasteiger partial charge in [-0.15, -0.1) is 0 Å². The van der Waals surface area contributed by atoms with Crippen molar-refractivity contribution in [2.75, 3.05) is 7.05 Å². The summed E-state index contributed by atoms with van der Waals surface area (Å²) >= 11 is 0. The molecule has 1 unspecified atom stereocenters. The third kappa shape index (κ3) is 4.76. The second-order valence-electron chi connectivity index (χ2n) is 3.99. The molecule has 19 heavy (non-hydrogen) atoms. The molecule has 0 fully saturated rings. The number of hydrogen-bond acceptors (Lipinski definition) is 2. The Labute approximate surface area is 116 Å². The lowest BCUT2D eigenvalue weighted by Gasteiger charge is -2.11. The molecule has 2 heteroatoms.